The van der Waals surface area contributed by atoms with E-state index in [9.17, 15) is 18.0 Å². The van der Waals surface area contributed by atoms with Gasteiger partial charge in [-0.3, -0.25) is 9.69 Å². The van der Waals surface area contributed by atoms with Crippen LogP contribution in [0.4, 0.5) is 13.2 Å². The minimum absolute atomic E-state index is 0.00111. The second-order valence-corrected chi connectivity index (χ2v) is 3.54. The van der Waals surface area contributed by atoms with Crippen LogP contribution in [0.5, 0.6) is 0 Å². The van der Waals surface area contributed by atoms with Gasteiger partial charge >= 0.3 is 12.1 Å². The molecule has 1 saturated heterocycles. The normalized spacial score (nSPS) is 26.4. The Labute approximate surface area is 79.5 Å². The van der Waals surface area contributed by atoms with E-state index in [-0.39, 0.29) is 19.5 Å². The average molecular weight is 211 g/mol. The van der Waals surface area contributed by atoms with Crippen molar-refractivity contribution in [3.8, 4) is 0 Å². The fourth-order valence-electron chi connectivity index (χ4n) is 1.56. The summed E-state index contributed by atoms with van der Waals surface area (Å²) in [6.07, 6.45) is -4.20. The predicted molar refractivity (Wildman–Crippen MR) is 42.8 cm³/mol. The van der Waals surface area contributed by atoms with Crippen molar-refractivity contribution >= 4 is 5.97 Å². The highest BCUT2D eigenvalue weighted by atomic mass is 19.4. The van der Waals surface area contributed by atoms with E-state index in [1.54, 1.807) is 0 Å². The zero-order valence-electron chi connectivity index (χ0n) is 7.71. The van der Waals surface area contributed by atoms with Crippen LogP contribution < -0.4 is 0 Å². The van der Waals surface area contributed by atoms with Gasteiger partial charge in [-0.1, -0.05) is 0 Å². The van der Waals surface area contributed by atoms with E-state index < -0.39 is 24.1 Å². The number of carbonyl (C=O) groups is 1. The molecule has 1 fully saturated rings. The van der Waals surface area contributed by atoms with Crippen molar-refractivity contribution in [1.82, 2.24) is 4.90 Å². The Kier molecular flexibility index (Phi) is 3.04. The summed E-state index contributed by atoms with van der Waals surface area (Å²) in [6.45, 7) is 1.41. The van der Waals surface area contributed by atoms with Crippen molar-refractivity contribution in [1.29, 1.82) is 0 Å². The molecule has 0 saturated carbocycles. The highest BCUT2D eigenvalue weighted by Gasteiger charge is 2.45. The number of aliphatic carboxylic acids is 1. The number of alkyl halides is 3. The van der Waals surface area contributed by atoms with Crippen molar-refractivity contribution in [3.05, 3.63) is 0 Å². The zero-order chi connectivity index (χ0) is 10.9. The fourth-order valence-corrected chi connectivity index (χ4v) is 1.56. The molecule has 0 aliphatic carbocycles. The lowest BCUT2D eigenvalue weighted by Gasteiger charge is -2.21. The lowest BCUT2D eigenvalue weighted by Crippen LogP contribution is -2.38. The number of likely N-dealkylation sites (tertiary alicyclic amines) is 1. The molecule has 0 aromatic rings. The summed E-state index contributed by atoms with van der Waals surface area (Å²) in [5, 5.41) is 8.61. The van der Waals surface area contributed by atoms with Gasteiger partial charge in [0.05, 0.1) is 5.92 Å². The number of hydrogen-bond acceptors (Lipinski definition) is 2. The van der Waals surface area contributed by atoms with E-state index in [4.69, 9.17) is 5.11 Å². The van der Waals surface area contributed by atoms with Crippen molar-refractivity contribution in [3.63, 3.8) is 0 Å². The Balaban J connectivity index is 2.53. The maximum atomic E-state index is 12.2. The Morgan fingerprint density at radius 1 is 1.57 bits per heavy atom. The largest absolute Gasteiger partial charge is 0.480 e. The molecular weight excluding hydrogens is 199 g/mol. The first-order valence-corrected chi connectivity index (χ1v) is 4.36. The van der Waals surface area contributed by atoms with E-state index in [1.165, 1.54) is 11.8 Å². The van der Waals surface area contributed by atoms with Crippen LogP contribution in [0.2, 0.25) is 0 Å². The lowest BCUT2D eigenvalue weighted by molar-refractivity contribution is -0.171. The third-order valence-corrected chi connectivity index (χ3v) is 2.59. The standard InChI is InChI=1S/C8H12F3NO2/c1-5(7(13)14)12-3-2-6(4-12)8(9,10)11/h5-6H,2-4H2,1H3,(H,13,14)/t5-,6+/m1/s1. The van der Waals surface area contributed by atoms with E-state index in [0.717, 1.165) is 0 Å². The molecule has 1 heterocycles. The molecule has 1 aliphatic rings. The van der Waals surface area contributed by atoms with Crippen LogP contribution in [0.25, 0.3) is 0 Å². The molecule has 1 rings (SSSR count). The van der Waals surface area contributed by atoms with Crippen molar-refractivity contribution < 1.29 is 23.1 Å². The molecule has 0 unspecified atom stereocenters. The van der Waals surface area contributed by atoms with Crippen molar-refractivity contribution in [2.75, 3.05) is 13.1 Å². The number of nitrogens with zero attached hydrogens (tertiary/aromatic N) is 1. The van der Waals surface area contributed by atoms with Crippen LogP contribution in [0, 0.1) is 5.92 Å². The highest BCUT2D eigenvalue weighted by molar-refractivity contribution is 5.72. The van der Waals surface area contributed by atoms with Gasteiger partial charge in [0.25, 0.3) is 0 Å². The molecule has 0 aromatic carbocycles. The first-order valence-electron chi connectivity index (χ1n) is 4.36. The maximum absolute atomic E-state index is 12.2. The van der Waals surface area contributed by atoms with Crippen molar-refractivity contribution in [2.24, 2.45) is 5.92 Å². The summed E-state index contributed by atoms with van der Waals surface area (Å²) in [5.74, 6) is -2.45. The van der Waals surface area contributed by atoms with Gasteiger partial charge in [-0.25, -0.2) is 0 Å². The summed E-state index contributed by atoms with van der Waals surface area (Å²) >= 11 is 0. The van der Waals surface area contributed by atoms with Gasteiger partial charge < -0.3 is 5.11 Å². The molecule has 0 amide bonds. The first kappa shape index (κ1) is 11.3. The fraction of sp³-hybridized carbons (Fsp3) is 0.875. The zero-order valence-corrected chi connectivity index (χ0v) is 7.71. The topological polar surface area (TPSA) is 40.5 Å². The smallest absolute Gasteiger partial charge is 0.393 e. The Hall–Kier alpha value is -0.780. The molecule has 3 nitrogen and oxygen atoms in total. The summed E-state index contributed by atoms with van der Waals surface area (Å²) in [4.78, 5) is 11.9. The summed E-state index contributed by atoms with van der Waals surface area (Å²) < 4.78 is 36.7. The van der Waals surface area contributed by atoms with Crippen LogP contribution in [0.3, 0.4) is 0 Å². The number of halogens is 3. The predicted octanol–water partition coefficient (Wildman–Crippen LogP) is 1.34. The van der Waals surface area contributed by atoms with Gasteiger partial charge in [0.15, 0.2) is 0 Å². The van der Waals surface area contributed by atoms with Gasteiger partial charge in [-0.05, 0) is 19.9 Å². The SMILES string of the molecule is C[C@H](C(=O)O)N1CC[C@H](C(F)(F)F)C1. The van der Waals surface area contributed by atoms with Gasteiger partial charge in [0.1, 0.15) is 6.04 Å². The molecule has 82 valence electrons. The van der Waals surface area contributed by atoms with E-state index >= 15 is 0 Å². The molecule has 1 aliphatic heterocycles. The highest BCUT2D eigenvalue weighted by Crippen LogP contribution is 2.34. The third-order valence-electron chi connectivity index (χ3n) is 2.59. The molecule has 1 N–H and O–H groups in total. The van der Waals surface area contributed by atoms with Crippen LogP contribution >= 0.6 is 0 Å². The van der Waals surface area contributed by atoms with Crippen molar-refractivity contribution in [2.45, 2.75) is 25.6 Å². The minimum Gasteiger partial charge on any atom is -0.480 e. The summed E-state index contributed by atoms with van der Waals surface area (Å²) in [5.41, 5.74) is 0. The first-order chi connectivity index (χ1) is 6.32. The molecule has 0 radical (unpaired) electrons. The monoisotopic (exact) mass is 211 g/mol. The molecular formula is C8H12F3NO2. The van der Waals surface area contributed by atoms with Crippen LogP contribution in [0.1, 0.15) is 13.3 Å². The third kappa shape index (κ3) is 2.37. The summed E-state index contributed by atoms with van der Waals surface area (Å²) in [6, 6.07) is -0.831. The number of carboxylic acids is 1. The summed E-state index contributed by atoms with van der Waals surface area (Å²) in [7, 11) is 0. The second-order valence-electron chi connectivity index (χ2n) is 3.54. The molecule has 14 heavy (non-hydrogen) atoms. The molecule has 2 atom stereocenters. The van der Waals surface area contributed by atoms with Gasteiger partial charge in [-0.2, -0.15) is 13.2 Å². The van der Waals surface area contributed by atoms with Gasteiger partial charge in [-0.15, -0.1) is 0 Å². The maximum Gasteiger partial charge on any atom is 0.393 e. The quantitative estimate of drug-likeness (QED) is 0.749. The molecule has 0 aromatic heterocycles. The second kappa shape index (κ2) is 3.76. The Bertz CT molecular complexity index is 229. The number of hydrogen-bond donors (Lipinski definition) is 1. The molecule has 0 bridgehead atoms. The van der Waals surface area contributed by atoms with Crippen LogP contribution in [0.15, 0.2) is 0 Å². The number of rotatable bonds is 2. The molecule has 0 spiro atoms. The number of carboxylic acid groups (broad SMARTS) is 1. The average Bonchev–Trinajstić information content (AvgIpc) is 2.49. The van der Waals surface area contributed by atoms with Gasteiger partial charge in [0, 0.05) is 6.54 Å². The lowest BCUT2D eigenvalue weighted by atomic mass is 10.1. The van der Waals surface area contributed by atoms with E-state index in [1.807, 2.05) is 0 Å². The van der Waals surface area contributed by atoms with E-state index in [0.29, 0.717) is 0 Å². The van der Waals surface area contributed by atoms with E-state index in [2.05, 4.69) is 0 Å². The van der Waals surface area contributed by atoms with Crippen LogP contribution in [-0.4, -0.2) is 41.3 Å². The van der Waals surface area contributed by atoms with Crippen LogP contribution in [-0.2, 0) is 4.79 Å². The Morgan fingerprint density at radius 3 is 2.50 bits per heavy atom. The molecule has 6 heteroatoms. The minimum atomic E-state index is -4.20. The van der Waals surface area contributed by atoms with Gasteiger partial charge in [0.2, 0.25) is 0 Å². The Morgan fingerprint density at radius 2 is 2.14 bits per heavy atom.